The fourth-order valence-corrected chi connectivity index (χ4v) is 2.49. The van der Waals surface area contributed by atoms with Crippen LogP contribution in [0.1, 0.15) is 6.42 Å². The van der Waals surface area contributed by atoms with Crippen molar-refractivity contribution in [2.45, 2.75) is 12.5 Å². The Bertz CT molecular complexity index is 509. The van der Waals surface area contributed by atoms with Crippen molar-refractivity contribution in [2.24, 2.45) is 0 Å². The Morgan fingerprint density at radius 3 is 2.43 bits per heavy atom. The number of carboxylic acids is 1. The number of hydrogen-bond donors (Lipinski definition) is 2. The number of nitrogens with zero attached hydrogens (tertiary/aromatic N) is 3. The molecule has 1 aliphatic rings. The number of carbonyl (C=O) groups is 3. The molecule has 2 N–H and O–H groups in total. The summed E-state index contributed by atoms with van der Waals surface area (Å²) in [5.41, 5.74) is -0.139. The molecule has 23 heavy (non-hydrogen) atoms. The third-order valence-electron chi connectivity index (χ3n) is 3.39. The largest absolute Gasteiger partial charge is 0.480 e. The summed E-state index contributed by atoms with van der Waals surface area (Å²) in [7, 11) is 0. The van der Waals surface area contributed by atoms with Gasteiger partial charge in [0, 0.05) is 32.4 Å². The summed E-state index contributed by atoms with van der Waals surface area (Å²) in [6.45, 7) is 2.08. The molecule has 0 saturated carbocycles. The van der Waals surface area contributed by atoms with Crippen LogP contribution in [0, 0.1) is 11.3 Å². The molecule has 1 heterocycles. The first-order chi connectivity index (χ1) is 11.0. The molecule has 0 radical (unpaired) electrons. The average Bonchev–Trinajstić information content (AvgIpc) is 2.56. The van der Waals surface area contributed by atoms with Crippen molar-refractivity contribution in [1.29, 1.82) is 5.26 Å². The maximum atomic E-state index is 12.1. The lowest BCUT2D eigenvalue weighted by Crippen LogP contribution is -2.44. The van der Waals surface area contributed by atoms with E-state index in [1.54, 1.807) is 15.9 Å². The minimum Gasteiger partial charge on any atom is -0.480 e. The van der Waals surface area contributed by atoms with Crippen LogP contribution in [0.5, 0.6) is 0 Å². The number of carboxylic acid groups (broad SMARTS) is 1. The van der Waals surface area contributed by atoms with Crippen molar-refractivity contribution in [1.82, 2.24) is 15.1 Å². The first-order valence-electron chi connectivity index (χ1n) is 7.09. The minimum absolute atomic E-state index is 0.139. The van der Waals surface area contributed by atoms with Gasteiger partial charge in [-0.15, -0.1) is 0 Å². The molecule has 0 bridgehead atoms. The van der Waals surface area contributed by atoms with E-state index < -0.39 is 17.9 Å². The molecule has 1 unspecified atom stereocenters. The van der Waals surface area contributed by atoms with Gasteiger partial charge in [0.1, 0.15) is 17.7 Å². The molecule has 126 valence electrons. The van der Waals surface area contributed by atoms with Gasteiger partial charge in [-0.05, 0) is 18.4 Å². The smallest absolute Gasteiger partial charge is 0.326 e. The molecular formula is C14H20N4O4S. The van der Waals surface area contributed by atoms with Crippen molar-refractivity contribution >= 4 is 30.0 Å². The fraction of sp³-hybridized carbons (Fsp3) is 0.571. The minimum atomic E-state index is -1.12. The quantitative estimate of drug-likeness (QED) is 0.347. The molecule has 9 heteroatoms. The highest BCUT2D eigenvalue weighted by Gasteiger charge is 2.22. The van der Waals surface area contributed by atoms with Gasteiger partial charge in [0.2, 0.25) is 6.41 Å². The molecule has 8 nitrogen and oxygen atoms in total. The van der Waals surface area contributed by atoms with Crippen molar-refractivity contribution < 1.29 is 19.5 Å². The lowest BCUT2D eigenvalue weighted by Gasteiger charge is -2.31. The van der Waals surface area contributed by atoms with Gasteiger partial charge in [-0.2, -0.15) is 17.0 Å². The Morgan fingerprint density at radius 2 is 1.96 bits per heavy atom. The van der Waals surface area contributed by atoms with E-state index in [9.17, 15) is 14.4 Å². The summed E-state index contributed by atoms with van der Waals surface area (Å²) >= 11 is 1.48. The van der Waals surface area contributed by atoms with Crippen LogP contribution < -0.4 is 5.32 Å². The number of piperazine rings is 1. The van der Waals surface area contributed by atoms with E-state index in [2.05, 4.69) is 5.32 Å². The van der Waals surface area contributed by atoms with E-state index in [0.717, 1.165) is 6.41 Å². The van der Waals surface area contributed by atoms with Gasteiger partial charge in [-0.1, -0.05) is 0 Å². The molecule has 0 aromatic rings. The lowest BCUT2D eigenvalue weighted by atomic mass is 10.2. The summed E-state index contributed by atoms with van der Waals surface area (Å²) < 4.78 is 0. The van der Waals surface area contributed by atoms with Crippen molar-refractivity contribution in [2.75, 3.05) is 38.2 Å². The van der Waals surface area contributed by atoms with Gasteiger partial charge in [-0.25, -0.2) is 4.79 Å². The molecule has 1 rings (SSSR count). The number of nitriles is 1. The highest BCUT2D eigenvalue weighted by Crippen LogP contribution is 2.06. The average molecular weight is 340 g/mol. The monoisotopic (exact) mass is 340 g/mol. The molecule has 0 aromatic heterocycles. The van der Waals surface area contributed by atoms with Crippen LogP contribution in [0.2, 0.25) is 0 Å². The molecule has 0 aliphatic carbocycles. The second-order valence-corrected chi connectivity index (χ2v) is 5.96. The Morgan fingerprint density at radius 1 is 1.35 bits per heavy atom. The Kier molecular flexibility index (Phi) is 7.97. The predicted octanol–water partition coefficient (Wildman–Crippen LogP) is -0.510. The van der Waals surface area contributed by atoms with Crippen LogP contribution in [0.3, 0.4) is 0 Å². The maximum Gasteiger partial charge on any atom is 0.326 e. The van der Waals surface area contributed by atoms with Crippen molar-refractivity contribution in [3.8, 4) is 6.07 Å². The normalized spacial score (nSPS) is 16.4. The summed E-state index contributed by atoms with van der Waals surface area (Å²) in [5.74, 6) is -1.22. The van der Waals surface area contributed by atoms with Crippen LogP contribution in [0.4, 0.5) is 0 Å². The van der Waals surface area contributed by atoms with E-state index in [0.29, 0.717) is 38.4 Å². The maximum absolute atomic E-state index is 12.1. The van der Waals surface area contributed by atoms with Crippen LogP contribution in [-0.2, 0) is 14.4 Å². The molecule has 1 fully saturated rings. The summed E-state index contributed by atoms with van der Waals surface area (Å²) in [6, 6.07) is 0.786. The van der Waals surface area contributed by atoms with Gasteiger partial charge >= 0.3 is 5.97 Å². The number of thioether (sulfide) groups is 1. The third-order valence-corrected chi connectivity index (χ3v) is 4.03. The van der Waals surface area contributed by atoms with Gasteiger partial charge in [0.25, 0.3) is 5.91 Å². The summed E-state index contributed by atoms with van der Waals surface area (Å²) in [5, 5.41) is 20.6. The lowest BCUT2D eigenvalue weighted by molar-refractivity contribution is -0.141. The second-order valence-electron chi connectivity index (χ2n) is 4.98. The number of amides is 2. The number of aliphatic carboxylic acids is 1. The number of nitrogens with one attached hydrogen (secondary N) is 1. The molecule has 0 spiro atoms. The number of rotatable bonds is 8. The predicted molar refractivity (Wildman–Crippen MR) is 85.5 cm³/mol. The molecule has 2 amide bonds. The summed E-state index contributed by atoms with van der Waals surface area (Å²) in [6.07, 6.45) is 4.33. The molecule has 1 aliphatic heterocycles. The number of carbonyl (C=O) groups excluding carboxylic acids is 2. The zero-order valence-corrected chi connectivity index (χ0v) is 13.7. The topological polar surface area (TPSA) is 114 Å². The van der Waals surface area contributed by atoms with Crippen molar-refractivity contribution in [3.05, 3.63) is 11.8 Å². The van der Waals surface area contributed by atoms with E-state index in [1.165, 1.54) is 18.0 Å². The van der Waals surface area contributed by atoms with Crippen molar-refractivity contribution in [3.63, 3.8) is 0 Å². The molecule has 1 saturated heterocycles. The third kappa shape index (κ3) is 6.20. The highest BCUT2D eigenvalue weighted by molar-refractivity contribution is 7.98. The van der Waals surface area contributed by atoms with Crippen LogP contribution in [0.15, 0.2) is 11.8 Å². The molecule has 1 atom stereocenters. The zero-order valence-electron chi connectivity index (χ0n) is 12.9. The van der Waals surface area contributed by atoms with E-state index >= 15 is 0 Å². The molecule has 0 aromatic carbocycles. The molecular weight excluding hydrogens is 320 g/mol. The van der Waals surface area contributed by atoms with Gasteiger partial charge in [0.05, 0.1) is 0 Å². The first-order valence-corrected chi connectivity index (χ1v) is 8.49. The Balaban J connectivity index is 2.67. The Labute approximate surface area is 139 Å². The first kappa shape index (κ1) is 18.8. The standard InChI is InChI=1S/C14H20N4O4S/c1-23-7-2-12(14(21)22)16-13(20)11(8-15)9-17-3-5-18(10-19)6-4-17/h9-10,12H,2-7H2,1H3,(H,16,20)(H,21,22)/b11-9-. The van der Waals surface area contributed by atoms with Gasteiger partial charge in [-0.3, -0.25) is 9.59 Å². The SMILES string of the molecule is CSCCC(NC(=O)/C(C#N)=C\N1CCN(C=O)CC1)C(=O)O. The van der Waals surface area contributed by atoms with E-state index in [4.69, 9.17) is 10.4 Å². The number of hydrogen-bond acceptors (Lipinski definition) is 6. The highest BCUT2D eigenvalue weighted by atomic mass is 32.2. The van der Waals surface area contributed by atoms with Crippen LogP contribution in [0.25, 0.3) is 0 Å². The second kappa shape index (κ2) is 9.74. The van der Waals surface area contributed by atoms with Gasteiger partial charge in [0.15, 0.2) is 0 Å². The van der Waals surface area contributed by atoms with Crippen LogP contribution in [-0.4, -0.2) is 77.4 Å². The van der Waals surface area contributed by atoms with Gasteiger partial charge < -0.3 is 20.2 Å². The fourth-order valence-electron chi connectivity index (χ4n) is 2.02. The summed E-state index contributed by atoms with van der Waals surface area (Å²) in [4.78, 5) is 37.2. The van der Waals surface area contributed by atoms with E-state index in [-0.39, 0.29) is 5.57 Å². The Hall–Kier alpha value is -2.21. The van der Waals surface area contributed by atoms with Crippen LogP contribution >= 0.6 is 11.8 Å². The zero-order chi connectivity index (χ0) is 17.2. The van der Waals surface area contributed by atoms with E-state index in [1.807, 2.05) is 6.26 Å².